The van der Waals surface area contributed by atoms with E-state index in [2.05, 4.69) is 0 Å². The van der Waals surface area contributed by atoms with E-state index in [1.165, 1.54) is 12.1 Å². The Morgan fingerprint density at radius 1 is 1.00 bits per heavy atom. The van der Waals surface area contributed by atoms with Crippen molar-refractivity contribution in [2.75, 3.05) is 13.7 Å². The van der Waals surface area contributed by atoms with Crippen LogP contribution >= 0.6 is 11.6 Å². The van der Waals surface area contributed by atoms with E-state index in [9.17, 15) is 8.78 Å². The van der Waals surface area contributed by atoms with Crippen LogP contribution in [0.2, 0.25) is 0 Å². The van der Waals surface area contributed by atoms with Crippen molar-refractivity contribution in [1.29, 1.82) is 0 Å². The average molecular weight is 297 g/mol. The van der Waals surface area contributed by atoms with Crippen LogP contribution in [0.1, 0.15) is 22.1 Å². The molecule has 0 saturated carbocycles. The van der Waals surface area contributed by atoms with Gasteiger partial charge in [0.2, 0.25) is 0 Å². The third-order valence-corrected chi connectivity index (χ3v) is 3.55. The molecular formula is C16H15ClF2O. The highest BCUT2D eigenvalue weighted by Gasteiger charge is 2.13. The maximum absolute atomic E-state index is 13.2. The Kier molecular flexibility index (Phi) is 5.10. The highest BCUT2D eigenvalue weighted by atomic mass is 35.5. The van der Waals surface area contributed by atoms with Crippen LogP contribution in [0.4, 0.5) is 8.78 Å². The van der Waals surface area contributed by atoms with Crippen LogP contribution in [0, 0.1) is 11.6 Å². The number of benzene rings is 2. The van der Waals surface area contributed by atoms with E-state index in [4.69, 9.17) is 16.3 Å². The Balaban J connectivity index is 2.17. The van der Waals surface area contributed by atoms with E-state index in [0.29, 0.717) is 12.2 Å². The molecule has 1 unspecified atom stereocenters. The molecule has 0 spiro atoms. The van der Waals surface area contributed by atoms with Crippen LogP contribution < -0.4 is 0 Å². The van der Waals surface area contributed by atoms with E-state index >= 15 is 0 Å². The van der Waals surface area contributed by atoms with Crippen molar-refractivity contribution in [3.63, 3.8) is 0 Å². The summed E-state index contributed by atoms with van der Waals surface area (Å²) in [4.78, 5) is 0. The van der Waals surface area contributed by atoms with Crippen molar-refractivity contribution in [1.82, 2.24) is 0 Å². The smallest absolute Gasteiger partial charge is 0.126 e. The predicted octanol–water partition coefficient (Wildman–Crippen LogP) is 4.48. The van der Waals surface area contributed by atoms with Gasteiger partial charge in [0.1, 0.15) is 11.6 Å². The minimum Gasteiger partial charge on any atom is -0.384 e. The van der Waals surface area contributed by atoms with Gasteiger partial charge in [-0.25, -0.2) is 8.78 Å². The zero-order chi connectivity index (χ0) is 14.5. The number of halogens is 3. The van der Waals surface area contributed by atoms with Crippen LogP contribution in [0.15, 0.2) is 42.5 Å². The largest absolute Gasteiger partial charge is 0.384 e. The Bertz CT molecular complexity index is 549. The van der Waals surface area contributed by atoms with Gasteiger partial charge in [0.25, 0.3) is 0 Å². The standard InChI is InChI=1S/C16H15ClF2O/c1-20-7-6-11-2-4-12(5-3-11)16(17)13-8-14(18)10-15(19)9-13/h2-5,8-10,16H,6-7H2,1H3. The molecule has 106 valence electrons. The van der Waals surface area contributed by atoms with Crippen molar-refractivity contribution < 1.29 is 13.5 Å². The minimum absolute atomic E-state index is 0.411. The number of methoxy groups -OCH3 is 1. The van der Waals surface area contributed by atoms with Gasteiger partial charge in [0.15, 0.2) is 0 Å². The second kappa shape index (κ2) is 6.82. The van der Waals surface area contributed by atoms with Crippen molar-refractivity contribution in [2.24, 2.45) is 0 Å². The third kappa shape index (κ3) is 3.78. The molecule has 1 nitrogen and oxygen atoms in total. The van der Waals surface area contributed by atoms with Gasteiger partial charge in [-0.2, -0.15) is 0 Å². The lowest BCUT2D eigenvalue weighted by Gasteiger charge is -2.11. The van der Waals surface area contributed by atoms with E-state index < -0.39 is 17.0 Å². The minimum atomic E-state index is -0.623. The first kappa shape index (κ1) is 14.9. The first-order valence-electron chi connectivity index (χ1n) is 6.28. The van der Waals surface area contributed by atoms with Crippen LogP contribution in [-0.4, -0.2) is 13.7 Å². The summed E-state index contributed by atoms with van der Waals surface area (Å²) < 4.78 is 31.4. The lowest BCUT2D eigenvalue weighted by atomic mass is 10.0. The Morgan fingerprint density at radius 3 is 2.15 bits per heavy atom. The van der Waals surface area contributed by atoms with E-state index in [-0.39, 0.29) is 0 Å². The zero-order valence-electron chi connectivity index (χ0n) is 11.1. The van der Waals surface area contributed by atoms with Gasteiger partial charge >= 0.3 is 0 Å². The van der Waals surface area contributed by atoms with Gasteiger partial charge in [-0.05, 0) is 35.2 Å². The van der Waals surface area contributed by atoms with Crippen LogP contribution in [0.3, 0.4) is 0 Å². The summed E-state index contributed by atoms with van der Waals surface area (Å²) in [6.07, 6.45) is 0.818. The molecule has 2 aromatic carbocycles. The molecule has 2 aromatic rings. The fourth-order valence-corrected chi connectivity index (χ4v) is 2.26. The van der Waals surface area contributed by atoms with E-state index in [1.807, 2.05) is 24.3 Å². The van der Waals surface area contributed by atoms with Gasteiger partial charge in [0.05, 0.1) is 12.0 Å². The molecule has 0 aromatic heterocycles. The summed E-state index contributed by atoms with van der Waals surface area (Å²) in [5.74, 6) is -1.25. The van der Waals surface area contributed by atoms with Crippen molar-refractivity contribution >= 4 is 11.6 Å². The Morgan fingerprint density at radius 2 is 1.60 bits per heavy atom. The summed E-state index contributed by atoms with van der Waals surface area (Å²) in [6.45, 7) is 0.652. The van der Waals surface area contributed by atoms with Crippen molar-refractivity contribution in [3.8, 4) is 0 Å². The van der Waals surface area contributed by atoms with Gasteiger partial charge in [-0.1, -0.05) is 24.3 Å². The number of alkyl halides is 1. The average Bonchev–Trinajstić information content (AvgIpc) is 2.44. The SMILES string of the molecule is COCCc1ccc(C(Cl)c2cc(F)cc(F)c2)cc1. The summed E-state index contributed by atoms with van der Waals surface area (Å²) in [5.41, 5.74) is 2.34. The summed E-state index contributed by atoms with van der Waals surface area (Å²) in [6, 6.07) is 11.0. The van der Waals surface area contributed by atoms with Gasteiger partial charge in [-0.15, -0.1) is 11.6 Å². The maximum Gasteiger partial charge on any atom is 0.126 e. The highest BCUT2D eigenvalue weighted by molar-refractivity contribution is 6.22. The lowest BCUT2D eigenvalue weighted by Crippen LogP contribution is -1.98. The first-order valence-corrected chi connectivity index (χ1v) is 6.71. The molecule has 0 bridgehead atoms. The Labute approximate surface area is 122 Å². The maximum atomic E-state index is 13.2. The molecule has 0 heterocycles. The molecule has 1 atom stereocenters. The molecule has 2 rings (SSSR count). The molecule has 4 heteroatoms. The van der Waals surface area contributed by atoms with Gasteiger partial charge < -0.3 is 4.74 Å². The first-order chi connectivity index (χ1) is 9.60. The summed E-state index contributed by atoms with van der Waals surface area (Å²) in [7, 11) is 1.65. The predicted molar refractivity (Wildman–Crippen MR) is 76.1 cm³/mol. The third-order valence-electron chi connectivity index (χ3n) is 3.04. The molecule has 0 radical (unpaired) electrons. The molecule has 0 fully saturated rings. The van der Waals surface area contributed by atoms with Crippen LogP contribution in [0.5, 0.6) is 0 Å². The Hall–Kier alpha value is -1.45. The molecule has 0 aliphatic carbocycles. The second-order valence-corrected chi connectivity index (χ2v) is 4.99. The fraction of sp³-hybridized carbons (Fsp3) is 0.250. The number of rotatable bonds is 5. The van der Waals surface area contributed by atoms with Crippen LogP contribution in [0.25, 0.3) is 0 Å². The summed E-state index contributed by atoms with van der Waals surface area (Å²) in [5, 5.41) is -0.573. The normalized spacial score (nSPS) is 12.4. The lowest BCUT2D eigenvalue weighted by molar-refractivity contribution is 0.202. The second-order valence-electron chi connectivity index (χ2n) is 4.55. The molecule has 0 N–H and O–H groups in total. The quantitative estimate of drug-likeness (QED) is 0.739. The zero-order valence-corrected chi connectivity index (χ0v) is 11.8. The van der Waals surface area contributed by atoms with Crippen molar-refractivity contribution in [3.05, 3.63) is 70.8 Å². The fourth-order valence-electron chi connectivity index (χ4n) is 1.99. The van der Waals surface area contributed by atoms with Gasteiger partial charge in [-0.3, -0.25) is 0 Å². The van der Waals surface area contributed by atoms with Crippen molar-refractivity contribution in [2.45, 2.75) is 11.8 Å². The molecular weight excluding hydrogens is 282 g/mol. The van der Waals surface area contributed by atoms with Crippen LogP contribution in [-0.2, 0) is 11.2 Å². The van der Waals surface area contributed by atoms with E-state index in [1.54, 1.807) is 7.11 Å². The monoisotopic (exact) mass is 296 g/mol. The van der Waals surface area contributed by atoms with Gasteiger partial charge in [0, 0.05) is 13.2 Å². The number of hydrogen-bond acceptors (Lipinski definition) is 1. The molecule has 0 saturated heterocycles. The molecule has 0 amide bonds. The molecule has 0 aliphatic heterocycles. The molecule has 0 aliphatic rings. The number of ether oxygens (including phenoxy) is 1. The summed E-state index contributed by atoms with van der Waals surface area (Å²) >= 11 is 6.27. The number of hydrogen-bond donors (Lipinski definition) is 0. The highest BCUT2D eigenvalue weighted by Crippen LogP contribution is 2.29. The topological polar surface area (TPSA) is 9.23 Å². The molecule has 20 heavy (non-hydrogen) atoms. The van der Waals surface area contributed by atoms with E-state index in [0.717, 1.165) is 23.6 Å².